The van der Waals surface area contributed by atoms with Gasteiger partial charge in [-0.1, -0.05) is 25.4 Å². The number of nitrogens with zero attached hydrogens (tertiary/aromatic N) is 3. The summed E-state index contributed by atoms with van der Waals surface area (Å²) in [4.78, 5) is 22.7. The Kier molecular flexibility index (Phi) is 6.89. The first-order chi connectivity index (χ1) is 14.0. The number of pyridine rings is 1. The van der Waals surface area contributed by atoms with Gasteiger partial charge in [0.1, 0.15) is 21.4 Å². The zero-order chi connectivity index (χ0) is 21.1. The molecule has 3 heterocycles. The Morgan fingerprint density at radius 2 is 1.97 bits per heavy atom. The van der Waals surface area contributed by atoms with Gasteiger partial charge in [-0.2, -0.15) is 0 Å². The first-order valence-corrected chi connectivity index (χ1v) is 11.1. The summed E-state index contributed by atoms with van der Waals surface area (Å²) in [5.41, 5.74) is 1.89. The van der Waals surface area contributed by atoms with Crippen LogP contribution in [0.5, 0.6) is 0 Å². The topological polar surface area (TPSA) is 80.0 Å². The quantitative estimate of drug-likeness (QED) is 0.405. The van der Waals surface area contributed by atoms with E-state index in [1.54, 1.807) is 37.4 Å². The number of aliphatic hydroxyl groups is 1. The molecule has 0 aliphatic rings. The zero-order valence-electron chi connectivity index (χ0n) is 16.1. The fraction of sp³-hybridized carbons (Fsp3) is 0.250. The molecule has 0 amide bonds. The molecule has 0 aliphatic carbocycles. The van der Waals surface area contributed by atoms with Crippen LogP contribution in [0.1, 0.15) is 20.8 Å². The predicted molar refractivity (Wildman–Crippen MR) is 125 cm³/mol. The summed E-state index contributed by atoms with van der Waals surface area (Å²) in [6.07, 6.45) is 2.68. The largest absolute Gasteiger partial charge is 0.392 e. The number of fused-ring (bicyclic) bond motifs is 3. The molecule has 4 rings (SSSR count). The maximum atomic E-state index is 13.0. The third kappa shape index (κ3) is 4.30. The van der Waals surface area contributed by atoms with Crippen molar-refractivity contribution in [2.24, 2.45) is 0 Å². The van der Waals surface area contributed by atoms with Gasteiger partial charge in [-0.05, 0) is 47.1 Å². The summed E-state index contributed by atoms with van der Waals surface area (Å²) < 4.78 is 2.76. The van der Waals surface area contributed by atoms with Crippen LogP contribution in [0.2, 0.25) is 5.02 Å². The molecular formula is C20H20BrClN4O2S. The fourth-order valence-corrected chi connectivity index (χ4v) is 4.38. The van der Waals surface area contributed by atoms with Crippen molar-refractivity contribution >= 4 is 65.0 Å². The lowest BCUT2D eigenvalue weighted by molar-refractivity contribution is 0.208. The molecule has 1 atom stereocenters. The Balaban J connectivity index is 0.00000117. The van der Waals surface area contributed by atoms with Gasteiger partial charge in [0.15, 0.2) is 0 Å². The van der Waals surface area contributed by atoms with E-state index in [9.17, 15) is 9.90 Å². The summed E-state index contributed by atoms with van der Waals surface area (Å²) in [7, 11) is 0. The van der Waals surface area contributed by atoms with Crippen molar-refractivity contribution in [1.82, 2.24) is 14.5 Å². The summed E-state index contributed by atoms with van der Waals surface area (Å²) in [5, 5.41) is 14.2. The molecule has 3 aromatic heterocycles. The van der Waals surface area contributed by atoms with Crippen LogP contribution in [-0.2, 0) is 0 Å². The van der Waals surface area contributed by atoms with Crippen LogP contribution in [0.4, 0.5) is 5.69 Å². The Labute approximate surface area is 185 Å². The van der Waals surface area contributed by atoms with E-state index in [1.165, 1.54) is 22.2 Å². The fourth-order valence-electron chi connectivity index (χ4n) is 2.78. The third-order valence-corrected chi connectivity index (χ3v) is 5.97. The number of hydrogen-bond acceptors (Lipinski definition) is 6. The summed E-state index contributed by atoms with van der Waals surface area (Å²) in [6, 6.07) is 7.01. The van der Waals surface area contributed by atoms with E-state index in [4.69, 9.17) is 11.6 Å². The number of hydrogen-bond donors (Lipinski definition) is 2. The Bertz CT molecular complexity index is 1210. The molecule has 2 N–H and O–H groups in total. The number of aromatic nitrogens is 3. The second-order valence-corrected chi connectivity index (χ2v) is 8.36. The second-order valence-electron chi connectivity index (χ2n) is 6.07. The van der Waals surface area contributed by atoms with Crippen molar-refractivity contribution in [3.63, 3.8) is 0 Å². The summed E-state index contributed by atoms with van der Waals surface area (Å²) in [6.45, 7) is 6.07. The Hall–Kier alpha value is -2.00. The third-order valence-electron chi connectivity index (χ3n) is 4.04. The van der Waals surface area contributed by atoms with Crippen LogP contribution in [0.15, 0.2) is 46.1 Å². The van der Waals surface area contributed by atoms with Crippen LogP contribution in [0.25, 0.3) is 26.1 Å². The lowest BCUT2D eigenvalue weighted by atomic mass is 10.2. The number of benzene rings is 1. The molecule has 0 radical (unpaired) electrons. The molecule has 0 bridgehead atoms. The maximum Gasteiger partial charge on any atom is 0.275 e. The maximum absolute atomic E-state index is 13.0. The summed E-state index contributed by atoms with van der Waals surface area (Å²) >= 11 is 10.7. The molecule has 0 saturated heterocycles. The average Bonchev–Trinajstić information content (AvgIpc) is 3.10. The Morgan fingerprint density at radius 1 is 1.28 bits per heavy atom. The molecule has 29 heavy (non-hydrogen) atoms. The van der Waals surface area contributed by atoms with Gasteiger partial charge in [-0.25, -0.2) is 9.97 Å². The smallest absolute Gasteiger partial charge is 0.275 e. The monoisotopic (exact) mass is 494 g/mol. The number of anilines is 1. The SMILES string of the molecule is CC.C[C@H](O)CNc1c(Br)cnc2sc3c(=O)n(-c4ccc(Cl)cc4)cnc3c12. The molecule has 9 heteroatoms. The first-order valence-electron chi connectivity index (χ1n) is 9.12. The highest BCUT2D eigenvalue weighted by molar-refractivity contribution is 9.10. The molecular weight excluding hydrogens is 476 g/mol. The van der Waals surface area contributed by atoms with Gasteiger partial charge in [0.2, 0.25) is 0 Å². The lowest BCUT2D eigenvalue weighted by Crippen LogP contribution is -2.18. The first kappa shape index (κ1) is 21.7. The molecule has 0 unspecified atom stereocenters. The predicted octanol–water partition coefficient (Wildman–Crippen LogP) is 5.23. The Morgan fingerprint density at radius 3 is 2.62 bits per heavy atom. The minimum Gasteiger partial charge on any atom is -0.392 e. The van der Waals surface area contributed by atoms with Crippen molar-refractivity contribution in [3.05, 3.63) is 56.6 Å². The van der Waals surface area contributed by atoms with Crippen LogP contribution in [-0.4, -0.2) is 32.3 Å². The van der Waals surface area contributed by atoms with Gasteiger partial charge in [0.05, 0.1) is 27.3 Å². The van der Waals surface area contributed by atoms with Gasteiger partial charge in [-0.3, -0.25) is 9.36 Å². The second kappa shape index (κ2) is 9.21. The molecule has 4 aromatic rings. The van der Waals surface area contributed by atoms with E-state index >= 15 is 0 Å². The van der Waals surface area contributed by atoms with E-state index in [0.717, 1.165) is 15.5 Å². The molecule has 0 saturated carbocycles. The van der Waals surface area contributed by atoms with Crippen LogP contribution in [0, 0.1) is 0 Å². The van der Waals surface area contributed by atoms with Crippen molar-refractivity contribution in [2.75, 3.05) is 11.9 Å². The molecule has 6 nitrogen and oxygen atoms in total. The number of aliphatic hydroxyl groups excluding tert-OH is 1. The average molecular weight is 496 g/mol. The van der Waals surface area contributed by atoms with Gasteiger partial charge < -0.3 is 10.4 Å². The normalized spacial score (nSPS) is 11.9. The van der Waals surface area contributed by atoms with E-state index in [2.05, 4.69) is 31.2 Å². The molecule has 0 spiro atoms. The van der Waals surface area contributed by atoms with E-state index in [0.29, 0.717) is 32.3 Å². The molecule has 0 fully saturated rings. The molecule has 152 valence electrons. The van der Waals surface area contributed by atoms with Crippen LogP contribution in [0.3, 0.4) is 0 Å². The van der Waals surface area contributed by atoms with Gasteiger partial charge in [0.25, 0.3) is 5.56 Å². The number of rotatable bonds is 4. The van der Waals surface area contributed by atoms with E-state index < -0.39 is 6.10 Å². The molecule has 0 aliphatic heterocycles. The minimum absolute atomic E-state index is 0.164. The standard InChI is InChI=1S/C18H14BrClN4O2S.C2H6/c1-9(25)6-21-14-12(19)7-22-17-13(14)15-16(27-17)18(26)24(8-23-15)11-4-2-10(20)3-5-11;1-2/h2-5,7-9,25H,6H2,1H3,(H,21,22);1-2H3/t9-;/m0./s1. The van der Waals surface area contributed by atoms with Crippen LogP contribution >= 0.6 is 38.9 Å². The van der Waals surface area contributed by atoms with Gasteiger partial charge in [0, 0.05) is 17.8 Å². The number of nitrogens with one attached hydrogen (secondary N) is 1. The van der Waals surface area contributed by atoms with Crippen molar-refractivity contribution in [1.29, 1.82) is 0 Å². The lowest BCUT2D eigenvalue weighted by Gasteiger charge is -2.11. The van der Waals surface area contributed by atoms with Gasteiger partial charge >= 0.3 is 0 Å². The van der Waals surface area contributed by atoms with Crippen molar-refractivity contribution in [3.8, 4) is 5.69 Å². The highest BCUT2D eigenvalue weighted by Crippen LogP contribution is 2.38. The summed E-state index contributed by atoms with van der Waals surface area (Å²) in [5.74, 6) is 0. The van der Waals surface area contributed by atoms with Crippen molar-refractivity contribution in [2.45, 2.75) is 26.9 Å². The minimum atomic E-state index is -0.514. The van der Waals surface area contributed by atoms with E-state index in [1.807, 2.05) is 13.8 Å². The highest BCUT2D eigenvalue weighted by Gasteiger charge is 2.18. The van der Waals surface area contributed by atoms with Crippen molar-refractivity contribution < 1.29 is 5.11 Å². The van der Waals surface area contributed by atoms with Crippen LogP contribution < -0.4 is 10.9 Å². The number of halogens is 2. The van der Waals surface area contributed by atoms with Gasteiger partial charge in [-0.15, -0.1) is 11.3 Å². The zero-order valence-corrected chi connectivity index (χ0v) is 19.3. The molecule has 1 aromatic carbocycles. The van der Waals surface area contributed by atoms with E-state index in [-0.39, 0.29) is 5.56 Å². The number of thiophene rings is 1. The highest BCUT2D eigenvalue weighted by atomic mass is 79.9.